The van der Waals surface area contributed by atoms with Gasteiger partial charge in [-0.2, -0.15) is 0 Å². The van der Waals surface area contributed by atoms with Crippen LogP contribution in [0.1, 0.15) is 63.5 Å². The van der Waals surface area contributed by atoms with E-state index in [2.05, 4.69) is 41.5 Å². The van der Waals surface area contributed by atoms with Crippen molar-refractivity contribution in [2.75, 3.05) is 6.26 Å². The molecule has 1 rings (SSSR count). The molecule has 0 aliphatic heterocycles. The molecule has 1 atom stereocenters. The lowest BCUT2D eigenvalue weighted by Gasteiger charge is -2.29. The highest BCUT2D eigenvalue weighted by atomic mass is 32.2. The molecule has 0 radical (unpaired) electrons. The highest BCUT2D eigenvalue weighted by Crippen LogP contribution is 2.42. The molecular formula is C17H26O2S. The molecule has 0 saturated heterocycles. The van der Waals surface area contributed by atoms with Crippen molar-refractivity contribution in [1.29, 1.82) is 0 Å². The lowest BCUT2D eigenvalue weighted by atomic mass is 9.78. The van der Waals surface area contributed by atoms with Gasteiger partial charge in [-0.15, -0.1) is 11.8 Å². The van der Waals surface area contributed by atoms with Crippen LogP contribution >= 0.6 is 11.8 Å². The van der Waals surface area contributed by atoms with Crippen LogP contribution in [-0.4, -0.2) is 17.6 Å². The number of aldehydes is 1. The molecule has 2 nitrogen and oxygen atoms in total. The van der Waals surface area contributed by atoms with Crippen LogP contribution < -0.4 is 0 Å². The Bertz CT molecular complexity index is 458. The van der Waals surface area contributed by atoms with E-state index in [1.165, 1.54) is 11.8 Å². The van der Waals surface area contributed by atoms with Gasteiger partial charge in [-0.3, -0.25) is 0 Å². The molecule has 1 unspecified atom stereocenters. The molecule has 0 aromatic heterocycles. The monoisotopic (exact) mass is 294 g/mol. The van der Waals surface area contributed by atoms with E-state index >= 15 is 0 Å². The second-order valence-electron chi connectivity index (χ2n) is 7.26. The third-order valence-electron chi connectivity index (χ3n) is 3.45. The van der Waals surface area contributed by atoms with Gasteiger partial charge < -0.3 is 9.90 Å². The summed E-state index contributed by atoms with van der Waals surface area (Å²) in [6.45, 7) is 12.5. The first-order valence-corrected chi connectivity index (χ1v) is 8.17. The van der Waals surface area contributed by atoms with E-state index in [1.54, 1.807) is 0 Å². The summed E-state index contributed by atoms with van der Waals surface area (Å²) in [5.74, 6) is 0.361. The first-order chi connectivity index (χ1) is 9.02. The summed E-state index contributed by atoms with van der Waals surface area (Å²) in [7, 11) is 0. The van der Waals surface area contributed by atoms with Crippen LogP contribution in [0.15, 0.2) is 12.1 Å². The third kappa shape index (κ3) is 3.57. The van der Waals surface area contributed by atoms with Gasteiger partial charge in [0.05, 0.1) is 5.25 Å². The number of aromatic hydroxyl groups is 1. The van der Waals surface area contributed by atoms with E-state index in [0.717, 1.165) is 23.0 Å². The number of hydrogen-bond donors (Lipinski definition) is 1. The van der Waals surface area contributed by atoms with Crippen LogP contribution in [0.5, 0.6) is 5.75 Å². The zero-order valence-corrected chi connectivity index (χ0v) is 14.4. The van der Waals surface area contributed by atoms with Gasteiger partial charge in [0.15, 0.2) is 0 Å². The van der Waals surface area contributed by atoms with Crippen molar-refractivity contribution in [3.63, 3.8) is 0 Å². The van der Waals surface area contributed by atoms with Gasteiger partial charge in [0.1, 0.15) is 12.0 Å². The number of phenols is 1. The molecule has 0 saturated carbocycles. The predicted molar refractivity (Wildman–Crippen MR) is 87.8 cm³/mol. The van der Waals surface area contributed by atoms with Gasteiger partial charge >= 0.3 is 0 Å². The average molecular weight is 294 g/mol. The van der Waals surface area contributed by atoms with E-state index in [9.17, 15) is 9.90 Å². The summed E-state index contributed by atoms with van der Waals surface area (Å²) in [6.07, 6.45) is 2.90. The Morgan fingerprint density at radius 3 is 1.70 bits per heavy atom. The van der Waals surface area contributed by atoms with Crippen LogP contribution in [0.3, 0.4) is 0 Å². The van der Waals surface area contributed by atoms with Crippen molar-refractivity contribution < 1.29 is 9.90 Å². The quantitative estimate of drug-likeness (QED) is 0.828. The molecule has 0 heterocycles. The Hall–Kier alpha value is -0.960. The predicted octanol–water partition coefficient (Wildman–Crippen LogP) is 4.59. The van der Waals surface area contributed by atoms with Gasteiger partial charge in [0, 0.05) is 0 Å². The van der Waals surface area contributed by atoms with Crippen molar-refractivity contribution in [3.8, 4) is 5.75 Å². The van der Waals surface area contributed by atoms with E-state index in [0.29, 0.717) is 5.75 Å². The number of phenolic OH excluding ortho intramolecular Hbond substituents is 1. The molecular weight excluding hydrogens is 268 g/mol. The Morgan fingerprint density at radius 2 is 1.45 bits per heavy atom. The highest BCUT2D eigenvalue weighted by molar-refractivity contribution is 7.99. The van der Waals surface area contributed by atoms with E-state index in [-0.39, 0.29) is 16.1 Å². The Kier molecular flexibility index (Phi) is 4.96. The lowest BCUT2D eigenvalue weighted by Crippen LogP contribution is -2.18. The molecule has 0 aliphatic rings. The molecule has 3 heteroatoms. The van der Waals surface area contributed by atoms with Crippen LogP contribution in [0.4, 0.5) is 0 Å². The number of carbonyl (C=O) groups excluding carboxylic acids is 1. The first kappa shape index (κ1) is 17.1. The lowest BCUT2D eigenvalue weighted by molar-refractivity contribution is -0.107. The fourth-order valence-corrected chi connectivity index (χ4v) is 2.75. The van der Waals surface area contributed by atoms with Crippen LogP contribution in [0.2, 0.25) is 0 Å². The Morgan fingerprint density at radius 1 is 1.05 bits per heavy atom. The van der Waals surface area contributed by atoms with Gasteiger partial charge in [-0.25, -0.2) is 0 Å². The Balaban J connectivity index is 3.62. The molecule has 20 heavy (non-hydrogen) atoms. The molecule has 112 valence electrons. The fraction of sp³-hybridized carbons (Fsp3) is 0.588. The zero-order chi connectivity index (χ0) is 15.7. The van der Waals surface area contributed by atoms with Crippen LogP contribution in [-0.2, 0) is 15.6 Å². The largest absolute Gasteiger partial charge is 0.507 e. The molecule has 1 aromatic carbocycles. The second-order valence-corrected chi connectivity index (χ2v) is 8.24. The maximum absolute atomic E-state index is 11.3. The minimum absolute atomic E-state index is 0.161. The van der Waals surface area contributed by atoms with Gasteiger partial charge in [0.2, 0.25) is 0 Å². The smallest absolute Gasteiger partial charge is 0.137 e. The summed E-state index contributed by atoms with van der Waals surface area (Å²) < 4.78 is 0. The number of hydrogen-bond acceptors (Lipinski definition) is 3. The SMILES string of the molecule is CSC(C=O)c1cc(C(C)(C)C)c(O)c(C(C)(C)C)c1. The summed E-state index contributed by atoms with van der Waals surface area (Å²) in [6, 6.07) is 3.94. The van der Waals surface area contributed by atoms with Crippen LogP contribution in [0, 0.1) is 0 Å². The number of thioether (sulfide) groups is 1. The summed E-state index contributed by atoms with van der Waals surface area (Å²) in [5, 5.41) is 10.4. The maximum Gasteiger partial charge on any atom is 0.137 e. The van der Waals surface area contributed by atoms with Crippen molar-refractivity contribution in [2.45, 2.75) is 57.6 Å². The topological polar surface area (TPSA) is 37.3 Å². The highest BCUT2D eigenvalue weighted by Gasteiger charge is 2.27. The average Bonchev–Trinajstić information content (AvgIpc) is 2.29. The molecule has 0 fully saturated rings. The molecule has 1 N–H and O–H groups in total. The van der Waals surface area contributed by atoms with Crippen molar-refractivity contribution in [1.82, 2.24) is 0 Å². The van der Waals surface area contributed by atoms with E-state index in [4.69, 9.17) is 0 Å². The number of carbonyl (C=O) groups is 1. The van der Waals surface area contributed by atoms with Crippen molar-refractivity contribution >= 4 is 18.0 Å². The fourth-order valence-electron chi connectivity index (χ4n) is 2.23. The van der Waals surface area contributed by atoms with Gasteiger partial charge in [-0.1, -0.05) is 53.7 Å². The van der Waals surface area contributed by atoms with Gasteiger partial charge in [-0.05, 0) is 33.8 Å². The first-order valence-electron chi connectivity index (χ1n) is 6.88. The minimum Gasteiger partial charge on any atom is -0.507 e. The Labute approximate surface area is 127 Å². The van der Waals surface area contributed by atoms with E-state index < -0.39 is 0 Å². The van der Waals surface area contributed by atoms with Gasteiger partial charge in [0.25, 0.3) is 0 Å². The molecule has 0 aliphatic carbocycles. The third-order valence-corrected chi connectivity index (χ3v) is 4.35. The molecule has 0 spiro atoms. The second kappa shape index (κ2) is 5.80. The maximum atomic E-state index is 11.3. The van der Waals surface area contributed by atoms with Crippen LogP contribution in [0.25, 0.3) is 0 Å². The summed E-state index contributed by atoms with van der Waals surface area (Å²) in [5.41, 5.74) is 2.46. The molecule has 0 bridgehead atoms. The number of rotatable bonds is 3. The minimum atomic E-state index is -0.183. The summed E-state index contributed by atoms with van der Waals surface area (Å²) in [4.78, 5) is 11.3. The summed E-state index contributed by atoms with van der Waals surface area (Å²) >= 11 is 1.52. The van der Waals surface area contributed by atoms with Crippen molar-refractivity contribution in [2.24, 2.45) is 0 Å². The normalized spacial score (nSPS) is 14.2. The standard InChI is InChI=1S/C17H26O2S/c1-16(2,3)12-8-11(14(10-18)20-7)9-13(15(12)19)17(4,5)6/h8-10,14,19H,1-7H3. The van der Waals surface area contributed by atoms with E-state index in [1.807, 2.05) is 18.4 Å². The molecule has 1 aromatic rings. The number of benzene rings is 1. The molecule has 0 amide bonds. The zero-order valence-electron chi connectivity index (χ0n) is 13.6. The van der Waals surface area contributed by atoms with Crippen molar-refractivity contribution in [3.05, 3.63) is 28.8 Å².